The van der Waals surface area contributed by atoms with Crippen LogP contribution in [0.5, 0.6) is 0 Å². The summed E-state index contributed by atoms with van der Waals surface area (Å²) in [6.45, 7) is 0. The number of carbonyl (C=O) groups excluding carboxylic acids is 1. The summed E-state index contributed by atoms with van der Waals surface area (Å²) in [7, 11) is 1.55. The highest BCUT2D eigenvalue weighted by atomic mass is 35.5. The third-order valence-electron chi connectivity index (χ3n) is 2.68. The molecule has 0 saturated heterocycles. The van der Waals surface area contributed by atoms with E-state index in [4.69, 9.17) is 28.3 Å². The lowest BCUT2D eigenvalue weighted by molar-refractivity contribution is 0.0686. The Morgan fingerprint density at radius 2 is 1.79 bits per heavy atom. The fourth-order valence-electron chi connectivity index (χ4n) is 1.76. The van der Waals surface area contributed by atoms with Gasteiger partial charge in [-0.15, -0.1) is 0 Å². The van der Waals surface area contributed by atoms with E-state index in [1.54, 1.807) is 25.2 Å². The Labute approximate surface area is 119 Å². The van der Waals surface area contributed by atoms with Crippen LogP contribution >= 0.6 is 23.2 Å². The van der Waals surface area contributed by atoms with E-state index in [1.165, 1.54) is 16.8 Å². The van der Waals surface area contributed by atoms with Crippen LogP contribution in [0.2, 0.25) is 10.0 Å². The highest BCUT2D eigenvalue weighted by Gasteiger charge is 2.20. The van der Waals surface area contributed by atoms with Gasteiger partial charge in [0.05, 0.1) is 15.6 Å². The fourth-order valence-corrected chi connectivity index (χ4v) is 2.33. The van der Waals surface area contributed by atoms with E-state index in [-0.39, 0.29) is 26.9 Å². The molecule has 0 unspecified atom stereocenters. The predicted molar refractivity (Wildman–Crippen MR) is 72.3 cm³/mol. The monoisotopic (exact) mass is 297 g/mol. The zero-order chi connectivity index (χ0) is 14.2. The quantitative estimate of drug-likeness (QED) is 0.885. The second-order valence-corrected chi connectivity index (χ2v) is 4.77. The standard InChI is InChI=1S/C13H9Cl2NO3/c1-16-6-7(5-10(16)13(18)19)12(17)11-8(14)3-2-4-9(11)15/h2-6H,1H3,(H,18,19). The molecule has 98 valence electrons. The molecule has 19 heavy (non-hydrogen) atoms. The van der Waals surface area contributed by atoms with Gasteiger partial charge in [0.1, 0.15) is 5.69 Å². The molecular formula is C13H9Cl2NO3. The van der Waals surface area contributed by atoms with E-state index >= 15 is 0 Å². The highest BCUT2D eigenvalue weighted by molar-refractivity contribution is 6.41. The van der Waals surface area contributed by atoms with Crippen LogP contribution in [-0.4, -0.2) is 21.4 Å². The van der Waals surface area contributed by atoms with Gasteiger partial charge in [-0.2, -0.15) is 0 Å². The third kappa shape index (κ3) is 2.50. The second-order valence-electron chi connectivity index (χ2n) is 3.96. The van der Waals surface area contributed by atoms with Gasteiger partial charge in [0, 0.05) is 18.8 Å². The van der Waals surface area contributed by atoms with Crippen LogP contribution in [0.4, 0.5) is 0 Å². The average molecular weight is 298 g/mol. The Morgan fingerprint density at radius 1 is 1.21 bits per heavy atom. The molecule has 0 fully saturated rings. The van der Waals surface area contributed by atoms with Crippen molar-refractivity contribution in [1.82, 2.24) is 4.57 Å². The summed E-state index contributed by atoms with van der Waals surface area (Å²) in [6.07, 6.45) is 1.44. The van der Waals surface area contributed by atoms with Crippen molar-refractivity contribution in [2.75, 3.05) is 0 Å². The Bertz CT molecular complexity index is 656. The Hall–Kier alpha value is -1.78. The molecule has 0 atom stereocenters. The molecule has 6 heteroatoms. The molecule has 4 nitrogen and oxygen atoms in total. The van der Waals surface area contributed by atoms with Gasteiger partial charge < -0.3 is 9.67 Å². The number of halogens is 2. The Morgan fingerprint density at radius 3 is 2.26 bits per heavy atom. The van der Waals surface area contributed by atoms with Crippen molar-refractivity contribution in [3.63, 3.8) is 0 Å². The molecule has 1 aromatic heterocycles. The van der Waals surface area contributed by atoms with E-state index < -0.39 is 11.8 Å². The van der Waals surface area contributed by atoms with Gasteiger partial charge in [0.25, 0.3) is 0 Å². The number of benzene rings is 1. The summed E-state index contributed by atoms with van der Waals surface area (Å²) in [5.74, 6) is -1.51. The number of carbonyl (C=O) groups is 2. The van der Waals surface area contributed by atoms with E-state index in [9.17, 15) is 9.59 Å². The van der Waals surface area contributed by atoms with E-state index in [2.05, 4.69) is 0 Å². The lowest BCUT2D eigenvalue weighted by atomic mass is 10.1. The first kappa shape index (κ1) is 13.6. The molecule has 2 rings (SSSR count). The number of ketones is 1. The molecule has 2 aromatic rings. The van der Waals surface area contributed by atoms with Crippen molar-refractivity contribution in [2.45, 2.75) is 0 Å². The van der Waals surface area contributed by atoms with Gasteiger partial charge in [-0.25, -0.2) is 4.79 Å². The number of aromatic nitrogens is 1. The van der Waals surface area contributed by atoms with Crippen LogP contribution in [0.1, 0.15) is 26.4 Å². The minimum Gasteiger partial charge on any atom is -0.477 e. The van der Waals surface area contributed by atoms with Gasteiger partial charge in [-0.05, 0) is 18.2 Å². The largest absolute Gasteiger partial charge is 0.477 e. The van der Waals surface area contributed by atoms with Crippen molar-refractivity contribution >= 4 is 35.0 Å². The van der Waals surface area contributed by atoms with Gasteiger partial charge in [0.2, 0.25) is 0 Å². The van der Waals surface area contributed by atoms with Gasteiger partial charge in [-0.1, -0.05) is 29.3 Å². The van der Waals surface area contributed by atoms with Crippen LogP contribution in [0.15, 0.2) is 30.5 Å². The van der Waals surface area contributed by atoms with E-state index in [0.717, 1.165) is 0 Å². The van der Waals surface area contributed by atoms with Crippen molar-refractivity contribution in [3.8, 4) is 0 Å². The topological polar surface area (TPSA) is 59.3 Å². The minimum absolute atomic E-state index is 0.0199. The highest BCUT2D eigenvalue weighted by Crippen LogP contribution is 2.27. The third-order valence-corrected chi connectivity index (χ3v) is 3.31. The molecule has 0 aliphatic rings. The molecule has 0 amide bonds. The molecule has 0 saturated carbocycles. The normalized spacial score (nSPS) is 10.5. The maximum absolute atomic E-state index is 12.3. The Kier molecular flexibility index (Phi) is 3.64. The number of carboxylic acid groups (broad SMARTS) is 1. The maximum atomic E-state index is 12.3. The number of aryl methyl sites for hydroxylation is 1. The first-order chi connectivity index (χ1) is 8.91. The van der Waals surface area contributed by atoms with Gasteiger partial charge in [-0.3, -0.25) is 4.79 Å². The van der Waals surface area contributed by atoms with Crippen molar-refractivity contribution < 1.29 is 14.7 Å². The van der Waals surface area contributed by atoms with Crippen LogP contribution in [-0.2, 0) is 7.05 Å². The summed E-state index contributed by atoms with van der Waals surface area (Å²) in [5.41, 5.74) is 0.426. The van der Waals surface area contributed by atoms with Crippen molar-refractivity contribution in [2.24, 2.45) is 7.05 Å². The molecular weight excluding hydrogens is 289 g/mol. The smallest absolute Gasteiger partial charge is 0.352 e. The van der Waals surface area contributed by atoms with Crippen LogP contribution in [0.25, 0.3) is 0 Å². The second kappa shape index (κ2) is 5.07. The number of carboxylic acids is 1. The van der Waals surface area contributed by atoms with E-state index in [1.807, 2.05) is 0 Å². The molecule has 0 bridgehead atoms. The van der Waals surface area contributed by atoms with Gasteiger partial charge in [0.15, 0.2) is 5.78 Å². The lowest BCUT2D eigenvalue weighted by Gasteiger charge is -2.03. The molecule has 0 aliphatic carbocycles. The van der Waals surface area contributed by atoms with Crippen molar-refractivity contribution in [3.05, 3.63) is 57.3 Å². The lowest BCUT2D eigenvalue weighted by Crippen LogP contribution is -2.02. The molecule has 1 N–H and O–H groups in total. The number of aromatic carboxylic acids is 1. The maximum Gasteiger partial charge on any atom is 0.352 e. The zero-order valence-corrected chi connectivity index (χ0v) is 11.4. The average Bonchev–Trinajstić information content (AvgIpc) is 2.71. The molecule has 1 heterocycles. The predicted octanol–water partition coefficient (Wildman–Crippen LogP) is 3.26. The molecule has 1 aromatic carbocycles. The first-order valence-corrected chi connectivity index (χ1v) is 6.05. The summed E-state index contributed by atoms with van der Waals surface area (Å²) in [6, 6.07) is 6.04. The summed E-state index contributed by atoms with van der Waals surface area (Å²) in [5, 5.41) is 9.43. The van der Waals surface area contributed by atoms with Crippen LogP contribution in [0.3, 0.4) is 0 Å². The number of rotatable bonds is 3. The molecule has 0 radical (unpaired) electrons. The summed E-state index contributed by atoms with van der Waals surface area (Å²) in [4.78, 5) is 23.2. The summed E-state index contributed by atoms with van der Waals surface area (Å²) >= 11 is 11.9. The van der Waals surface area contributed by atoms with Gasteiger partial charge >= 0.3 is 5.97 Å². The first-order valence-electron chi connectivity index (χ1n) is 5.30. The Balaban J connectivity index is 2.51. The molecule has 0 spiro atoms. The SMILES string of the molecule is Cn1cc(C(=O)c2c(Cl)cccc2Cl)cc1C(=O)O. The summed E-state index contributed by atoms with van der Waals surface area (Å²) < 4.78 is 1.36. The number of hydrogen-bond acceptors (Lipinski definition) is 2. The van der Waals surface area contributed by atoms with Crippen LogP contribution < -0.4 is 0 Å². The minimum atomic E-state index is -1.10. The fraction of sp³-hybridized carbons (Fsp3) is 0.0769. The van der Waals surface area contributed by atoms with Crippen molar-refractivity contribution in [1.29, 1.82) is 0 Å². The van der Waals surface area contributed by atoms with Crippen LogP contribution in [0, 0.1) is 0 Å². The zero-order valence-electron chi connectivity index (χ0n) is 9.85. The number of hydrogen-bond donors (Lipinski definition) is 1. The molecule has 0 aliphatic heterocycles. The number of nitrogens with zero attached hydrogens (tertiary/aromatic N) is 1. The van der Waals surface area contributed by atoms with E-state index in [0.29, 0.717) is 0 Å².